The number of rotatable bonds is 2. The molecule has 3 heterocycles. The van der Waals surface area contributed by atoms with Gasteiger partial charge in [0.25, 0.3) is 5.56 Å². The second kappa shape index (κ2) is 5.27. The minimum absolute atomic E-state index is 0.0990. The summed E-state index contributed by atoms with van der Waals surface area (Å²) in [7, 11) is 0. The standard InChI is InChI=1S/C16H21N5OS/c22-14-3-4-17-15-21(14)18-16(23-15)20-7-5-19(6-8-20)13-10-11-1-2-12(13)9-11/h3-4,11-13H,1-2,5-10H2. The highest BCUT2D eigenvalue weighted by atomic mass is 32.1. The molecule has 23 heavy (non-hydrogen) atoms. The van der Waals surface area contributed by atoms with Crippen molar-refractivity contribution >= 4 is 21.4 Å². The summed E-state index contributed by atoms with van der Waals surface area (Å²) in [6.07, 6.45) is 7.37. The second-order valence-corrected chi connectivity index (χ2v) is 8.06. The third-order valence-electron chi connectivity index (χ3n) is 5.91. The molecule has 0 radical (unpaired) electrons. The molecule has 7 heteroatoms. The molecule has 1 aliphatic heterocycles. The van der Waals surface area contributed by atoms with Crippen LogP contribution in [0.3, 0.4) is 0 Å². The Morgan fingerprint density at radius 1 is 1.13 bits per heavy atom. The summed E-state index contributed by atoms with van der Waals surface area (Å²) in [6.45, 7) is 4.24. The lowest BCUT2D eigenvalue weighted by atomic mass is 9.93. The summed E-state index contributed by atoms with van der Waals surface area (Å²) >= 11 is 1.51. The van der Waals surface area contributed by atoms with Crippen LogP contribution in [0.15, 0.2) is 17.1 Å². The monoisotopic (exact) mass is 331 g/mol. The maximum absolute atomic E-state index is 11.8. The molecule has 0 N–H and O–H groups in total. The lowest BCUT2D eigenvalue weighted by molar-refractivity contribution is 0.135. The molecule has 2 aromatic heterocycles. The van der Waals surface area contributed by atoms with E-state index in [2.05, 4.69) is 19.9 Å². The number of anilines is 1. The highest BCUT2D eigenvalue weighted by Gasteiger charge is 2.42. The Labute approximate surface area is 138 Å². The minimum Gasteiger partial charge on any atom is -0.344 e. The molecule has 0 spiro atoms. The van der Waals surface area contributed by atoms with Crippen molar-refractivity contribution in [2.24, 2.45) is 11.8 Å². The quantitative estimate of drug-likeness (QED) is 0.834. The van der Waals surface area contributed by atoms with Crippen LogP contribution >= 0.6 is 11.3 Å². The molecule has 1 saturated heterocycles. The van der Waals surface area contributed by atoms with Gasteiger partial charge >= 0.3 is 0 Å². The van der Waals surface area contributed by atoms with E-state index in [0.717, 1.165) is 49.2 Å². The van der Waals surface area contributed by atoms with Gasteiger partial charge < -0.3 is 4.90 Å². The third-order valence-corrected chi connectivity index (χ3v) is 6.90. The summed E-state index contributed by atoms with van der Waals surface area (Å²) < 4.78 is 1.42. The molecule has 3 aliphatic rings. The van der Waals surface area contributed by atoms with Gasteiger partial charge in [0.15, 0.2) is 0 Å². The van der Waals surface area contributed by atoms with E-state index in [1.54, 1.807) is 6.20 Å². The molecule has 0 amide bonds. The maximum Gasteiger partial charge on any atom is 0.275 e. The van der Waals surface area contributed by atoms with Gasteiger partial charge in [-0.05, 0) is 31.1 Å². The predicted molar refractivity (Wildman–Crippen MR) is 90.2 cm³/mol. The fraction of sp³-hybridized carbons (Fsp3) is 0.688. The first-order valence-electron chi connectivity index (χ1n) is 8.62. The molecule has 6 nitrogen and oxygen atoms in total. The van der Waals surface area contributed by atoms with E-state index in [9.17, 15) is 4.79 Å². The highest BCUT2D eigenvalue weighted by Crippen LogP contribution is 2.46. The van der Waals surface area contributed by atoms with Crippen LogP contribution in [-0.4, -0.2) is 51.7 Å². The highest BCUT2D eigenvalue weighted by molar-refractivity contribution is 7.20. The molecule has 3 fully saturated rings. The fourth-order valence-corrected chi connectivity index (χ4v) is 5.69. The third kappa shape index (κ3) is 2.29. The van der Waals surface area contributed by atoms with Crippen LogP contribution in [0, 0.1) is 11.8 Å². The molecule has 2 saturated carbocycles. The molecule has 0 aromatic carbocycles. The molecule has 122 valence electrons. The number of aromatic nitrogens is 3. The molecule has 5 rings (SSSR count). The summed E-state index contributed by atoms with van der Waals surface area (Å²) in [4.78, 5) is 21.8. The Kier molecular flexibility index (Phi) is 3.19. The molecule has 2 aliphatic carbocycles. The lowest BCUT2D eigenvalue weighted by Gasteiger charge is -2.40. The first-order chi connectivity index (χ1) is 11.3. The van der Waals surface area contributed by atoms with Crippen LogP contribution in [0.1, 0.15) is 25.7 Å². The maximum atomic E-state index is 11.8. The average Bonchev–Trinajstić information content (AvgIpc) is 3.30. The summed E-state index contributed by atoms with van der Waals surface area (Å²) in [5, 5.41) is 5.39. The Morgan fingerprint density at radius 3 is 2.70 bits per heavy atom. The van der Waals surface area contributed by atoms with Crippen molar-refractivity contribution in [3.8, 4) is 0 Å². The Balaban J connectivity index is 1.30. The van der Waals surface area contributed by atoms with Crippen LogP contribution in [-0.2, 0) is 0 Å². The van der Waals surface area contributed by atoms with Crippen molar-refractivity contribution in [1.82, 2.24) is 19.5 Å². The second-order valence-electron chi connectivity index (χ2n) is 7.13. The van der Waals surface area contributed by atoms with Crippen LogP contribution in [0.25, 0.3) is 4.96 Å². The predicted octanol–water partition coefficient (Wildman–Crippen LogP) is 1.46. The van der Waals surface area contributed by atoms with Crippen LogP contribution < -0.4 is 10.5 Å². The van der Waals surface area contributed by atoms with Crippen molar-refractivity contribution < 1.29 is 0 Å². The van der Waals surface area contributed by atoms with Crippen molar-refractivity contribution in [3.05, 3.63) is 22.6 Å². The normalized spacial score (nSPS) is 31.3. The van der Waals surface area contributed by atoms with Crippen molar-refractivity contribution in [2.45, 2.75) is 31.7 Å². The zero-order valence-corrected chi connectivity index (χ0v) is 13.9. The van der Waals surface area contributed by atoms with Gasteiger partial charge in [0.1, 0.15) is 0 Å². The molecule has 3 unspecified atom stereocenters. The summed E-state index contributed by atoms with van der Waals surface area (Å²) in [6, 6.07) is 2.29. The van der Waals surface area contributed by atoms with Gasteiger partial charge in [-0.15, -0.1) is 5.10 Å². The van der Waals surface area contributed by atoms with Gasteiger partial charge in [0, 0.05) is 44.5 Å². The largest absolute Gasteiger partial charge is 0.344 e. The molecule has 2 aromatic rings. The van der Waals surface area contributed by atoms with Gasteiger partial charge in [-0.3, -0.25) is 9.69 Å². The summed E-state index contributed by atoms with van der Waals surface area (Å²) in [5.41, 5.74) is -0.0990. The zero-order chi connectivity index (χ0) is 15.4. The smallest absolute Gasteiger partial charge is 0.275 e. The SMILES string of the molecule is O=c1ccnc2sc(N3CCN(C4CC5CCC4C5)CC3)nn12. The van der Waals surface area contributed by atoms with E-state index < -0.39 is 0 Å². The van der Waals surface area contributed by atoms with Crippen molar-refractivity contribution in [2.75, 3.05) is 31.1 Å². The molecular formula is C16H21N5OS. The number of fused-ring (bicyclic) bond motifs is 3. The van der Waals surface area contributed by atoms with E-state index in [1.807, 2.05) is 0 Å². The van der Waals surface area contributed by atoms with E-state index >= 15 is 0 Å². The first-order valence-corrected chi connectivity index (χ1v) is 9.43. The fourth-order valence-electron chi connectivity index (χ4n) is 4.76. The molecule has 3 atom stereocenters. The van der Waals surface area contributed by atoms with Gasteiger partial charge in [-0.25, -0.2) is 4.98 Å². The van der Waals surface area contributed by atoms with Crippen LogP contribution in [0.5, 0.6) is 0 Å². The van der Waals surface area contributed by atoms with E-state index in [-0.39, 0.29) is 5.56 Å². The van der Waals surface area contributed by atoms with E-state index in [0.29, 0.717) is 4.96 Å². The van der Waals surface area contributed by atoms with Crippen molar-refractivity contribution in [1.29, 1.82) is 0 Å². The number of hydrogen-bond donors (Lipinski definition) is 0. The Hall–Kier alpha value is -1.47. The van der Waals surface area contributed by atoms with Crippen LogP contribution in [0.4, 0.5) is 5.13 Å². The van der Waals surface area contributed by atoms with E-state index in [1.165, 1.54) is 47.6 Å². The lowest BCUT2D eigenvalue weighted by Crippen LogP contribution is -2.51. The summed E-state index contributed by atoms with van der Waals surface area (Å²) in [5.74, 6) is 1.96. The average molecular weight is 331 g/mol. The topological polar surface area (TPSA) is 53.7 Å². The Morgan fingerprint density at radius 2 is 2.00 bits per heavy atom. The van der Waals surface area contributed by atoms with Gasteiger partial charge in [0.05, 0.1) is 0 Å². The van der Waals surface area contributed by atoms with Crippen molar-refractivity contribution in [3.63, 3.8) is 0 Å². The zero-order valence-electron chi connectivity index (χ0n) is 13.1. The van der Waals surface area contributed by atoms with Crippen LogP contribution in [0.2, 0.25) is 0 Å². The molecular weight excluding hydrogens is 310 g/mol. The minimum atomic E-state index is -0.0990. The number of nitrogens with zero attached hydrogens (tertiary/aromatic N) is 5. The van der Waals surface area contributed by atoms with Gasteiger partial charge in [-0.2, -0.15) is 4.52 Å². The molecule has 2 bridgehead atoms. The first kappa shape index (κ1) is 13.9. The number of piperazine rings is 1. The van der Waals surface area contributed by atoms with E-state index in [4.69, 9.17) is 0 Å². The number of hydrogen-bond acceptors (Lipinski definition) is 6. The van der Waals surface area contributed by atoms with Gasteiger partial charge in [-0.1, -0.05) is 17.8 Å². The Bertz CT molecular complexity index is 778. The van der Waals surface area contributed by atoms with Gasteiger partial charge in [0.2, 0.25) is 10.1 Å².